The summed E-state index contributed by atoms with van der Waals surface area (Å²) in [5.41, 5.74) is 10.3. The molecule has 8 heteroatoms. The van der Waals surface area contributed by atoms with E-state index in [2.05, 4.69) is 22.5 Å². The number of halogens is 2. The Morgan fingerprint density at radius 1 is 1.33 bits per heavy atom. The molecule has 146 valence electrons. The highest BCUT2D eigenvalue weighted by molar-refractivity contribution is 5.75. The van der Waals surface area contributed by atoms with Crippen molar-refractivity contribution in [1.29, 1.82) is 0 Å². The molecule has 1 fully saturated rings. The van der Waals surface area contributed by atoms with Crippen LogP contribution in [-0.2, 0) is 4.79 Å². The van der Waals surface area contributed by atoms with Crippen molar-refractivity contribution >= 4 is 12.7 Å². The van der Waals surface area contributed by atoms with Crippen molar-refractivity contribution in [3.63, 3.8) is 0 Å². The Balaban J connectivity index is 0.000000860. The van der Waals surface area contributed by atoms with Gasteiger partial charge in [-0.1, -0.05) is 25.8 Å². The van der Waals surface area contributed by atoms with Crippen LogP contribution in [0.4, 0.5) is 8.78 Å². The van der Waals surface area contributed by atoms with Crippen LogP contribution in [0.5, 0.6) is 0 Å². The van der Waals surface area contributed by atoms with Crippen molar-refractivity contribution in [1.82, 2.24) is 9.78 Å². The third-order valence-electron chi connectivity index (χ3n) is 3.36. The Labute approximate surface area is 157 Å². The molecule has 0 radical (unpaired) electrons. The number of aromatic nitrogens is 2. The van der Waals surface area contributed by atoms with E-state index in [9.17, 15) is 13.6 Å². The zero-order valence-electron chi connectivity index (χ0n) is 15.5. The number of carbonyl (C=O) groups is 2. The lowest BCUT2D eigenvalue weighted by atomic mass is 10.1. The summed E-state index contributed by atoms with van der Waals surface area (Å²) in [6.07, 6.45) is 7.32. The van der Waals surface area contributed by atoms with Crippen LogP contribution in [0.15, 0.2) is 30.5 Å². The highest BCUT2D eigenvalue weighted by atomic mass is 19.3. The summed E-state index contributed by atoms with van der Waals surface area (Å²) in [6, 6.07) is 6.95. The van der Waals surface area contributed by atoms with Crippen molar-refractivity contribution in [2.45, 2.75) is 32.1 Å². The number of amides is 1. The van der Waals surface area contributed by atoms with Crippen LogP contribution in [0.1, 0.15) is 47.8 Å². The molecule has 1 amide bonds. The van der Waals surface area contributed by atoms with Gasteiger partial charge in [-0.3, -0.25) is 9.59 Å². The predicted molar refractivity (Wildman–Crippen MR) is 101 cm³/mol. The summed E-state index contributed by atoms with van der Waals surface area (Å²) < 4.78 is 27.7. The van der Waals surface area contributed by atoms with E-state index in [0.29, 0.717) is 17.5 Å². The van der Waals surface area contributed by atoms with Crippen LogP contribution >= 0.6 is 0 Å². The molecule has 0 spiro atoms. The van der Waals surface area contributed by atoms with Crippen LogP contribution in [0.2, 0.25) is 0 Å². The van der Waals surface area contributed by atoms with E-state index in [4.69, 9.17) is 11.2 Å². The van der Waals surface area contributed by atoms with Crippen molar-refractivity contribution in [2.75, 3.05) is 7.05 Å². The molecule has 1 aliphatic rings. The molecular weight excluding hydrogens is 354 g/mol. The summed E-state index contributed by atoms with van der Waals surface area (Å²) in [7, 11) is 1.50. The van der Waals surface area contributed by atoms with E-state index in [1.165, 1.54) is 17.9 Å². The molecule has 0 unspecified atom stereocenters. The lowest BCUT2D eigenvalue weighted by Crippen LogP contribution is -1.96. The first-order valence-corrected chi connectivity index (χ1v) is 8.19. The first kappa shape index (κ1) is 23.9. The molecule has 1 aromatic heterocycles. The van der Waals surface area contributed by atoms with Crippen LogP contribution in [0, 0.1) is 12.3 Å². The summed E-state index contributed by atoms with van der Waals surface area (Å²) in [5.74, 6) is -1.15. The van der Waals surface area contributed by atoms with Gasteiger partial charge in [0.1, 0.15) is 5.69 Å². The second-order valence-electron chi connectivity index (χ2n) is 4.88. The van der Waals surface area contributed by atoms with E-state index in [1.807, 2.05) is 13.8 Å². The standard InChI is InChI=1S/C15H10F2N2O.C2H6.CH3NO.CH5N/c1-2-10-4-3-5-11(6-10)19-8-12(14(9-20)18-19)13-7-15(13,16)17;1-2;2-1-3;1-2/h1,3-6,8-9,13H,7H2;1-2H3;1H,(H2,2,3);2H2,1H3/t13-;;;/m0.../s1. The number of carbonyl (C=O) groups excluding carboxylic acids is 2. The molecule has 0 bridgehead atoms. The third kappa shape index (κ3) is 6.31. The summed E-state index contributed by atoms with van der Waals surface area (Å²) in [4.78, 5) is 19.6. The molecule has 4 N–H and O–H groups in total. The fourth-order valence-corrected chi connectivity index (χ4v) is 2.18. The number of nitrogens with two attached hydrogens (primary N) is 2. The van der Waals surface area contributed by atoms with Gasteiger partial charge in [0.2, 0.25) is 6.41 Å². The van der Waals surface area contributed by atoms with Crippen molar-refractivity contribution in [3.8, 4) is 18.0 Å². The fraction of sp³-hybridized carbons (Fsp3) is 0.316. The number of hydrogen-bond acceptors (Lipinski definition) is 4. The zero-order chi connectivity index (χ0) is 21.0. The van der Waals surface area contributed by atoms with Crippen LogP contribution in [0.25, 0.3) is 5.69 Å². The number of hydrogen-bond donors (Lipinski definition) is 2. The van der Waals surface area contributed by atoms with E-state index >= 15 is 0 Å². The summed E-state index contributed by atoms with van der Waals surface area (Å²) >= 11 is 0. The quantitative estimate of drug-likeness (QED) is 0.632. The molecule has 27 heavy (non-hydrogen) atoms. The lowest BCUT2D eigenvalue weighted by Gasteiger charge is -2.01. The fourth-order valence-electron chi connectivity index (χ4n) is 2.18. The van der Waals surface area contributed by atoms with E-state index in [-0.39, 0.29) is 24.1 Å². The normalized spacial score (nSPS) is 15.2. The number of primary amides is 1. The molecule has 1 saturated carbocycles. The van der Waals surface area contributed by atoms with Gasteiger partial charge in [-0.15, -0.1) is 6.42 Å². The molecular formula is C19H24F2N4O2. The summed E-state index contributed by atoms with van der Waals surface area (Å²) in [6.45, 7) is 4.00. The van der Waals surface area contributed by atoms with Gasteiger partial charge in [-0.25, -0.2) is 13.5 Å². The number of benzene rings is 1. The van der Waals surface area contributed by atoms with Crippen LogP contribution in [0.3, 0.4) is 0 Å². The molecule has 1 aromatic carbocycles. The highest BCUT2D eigenvalue weighted by Gasteiger charge is 2.58. The predicted octanol–water partition coefficient (Wildman–Crippen LogP) is 2.49. The molecule has 3 rings (SSSR count). The maximum absolute atomic E-state index is 13.1. The first-order chi connectivity index (χ1) is 13.0. The number of alkyl halides is 2. The molecule has 0 aliphatic heterocycles. The zero-order valence-corrected chi connectivity index (χ0v) is 15.5. The number of terminal acetylenes is 1. The van der Waals surface area contributed by atoms with E-state index in [1.54, 1.807) is 24.3 Å². The first-order valence-electron chi connectivity index (χ1n) is 8.19. The molecule has 0 saturated heterocycles. The lowest BCUT2D eigenvalue weighted by molar-refractivity contribution is -0.106. The topological polar surface area (TPSA) is 104 Å². The van der Waals surface area contributed by atoms with Gasteiger partial charge < -0.3 is 11.5 Å². The van der Waals surface area contributed by atoms with Gasteiger partial charge in [0.15, 0.2) is 6.29 Å². The monoisotopic (exact) mass is 378 g/mol. The van der Waals surface area contributed by atoms with Gasteiger partial charge in [0, 0.05) is 23.7 Å². The Morgan fingerprint density at radius 2 is 1.89 bits per heavy atom. The van der Waals surface area contributed by atoms with Crippen LogP contribution in [-0.4, -0.2) is 35.4 Å². The smallest absolute Gasteiger partial charge is 0.256 e. The number of rotatable bonds is 3. The van der Waals surface area contributed by atoms with Crippen molar-refractivity contribution < 1.29 is 18.4 Å². The van der Waals surface area contributed by atoms with Crippen molar-refractivity contribution in [3.05, 3.63) is 47.3 Å². The Kier molecular flexibility index (Phi) is 10.2. The minimum atomic E-state index is -2.73. The van der Waals surface area contributed by atoms with Crippen molar-refractivity contribution in [2.24, 2.45) is 11.5 Å². The molecule has 6 nitrogen and oxygen atoms in total. The second-order valence-corrected chi connectivity index (χ2v) is 4.88. The average molecular weight is 378 g/mol. The minimum Gasteiger partial charge on any atom is -0.372 e. The Hall–Kier alpha value is -3.05. The second kappa shape index (κ2) is 11.5. The molecule has 1 atom stereocenters. The number of nitrogens with zero attached hydrogens (tertiary/aromatic N) is 2. The maximum atomic E-state index is 13.1. The highest BCUT2D eigenvalue weighted by Crippen LogP contribution is 2.56. The molecule has 1 heterocycles. The third-order valence-corrected chi connectivity index (χ3v) is 3.36. The van der Waals surface area contributed by atoms with Gasteiger partial charge >= 0.3 is 0 Å². The van der Waals surface area contributed by atoms with E-state index in [0.717, 1.165) is 0 Å². The van der Waals surface area contributed by atoms with Crippen LogP contribution < -0.4 is 11.5 Å². The van der Waals surface area contributed by atoms with Gasteiger partial charge in [0.25, 0.3) is 5.92 Å². The SMILES string of the molecule is C#Cc1cccc(-n2cc([C@@H]3CC3(F)F)c(C=O)n2)c1.CC.CN.NC=O. The Morgan fingerprint density at radius 3 is 2.33 bits per heavy atom. The van der Waals surface area contributed by atoms with Gasteiger partial charge in [-0.2, -0.15) is 5.10 Å². The number of aldehydes is 1. The Bertz CT molecular complexity index is 782. The molecule has 2 aromatic rings. The largest absolute Gasteiger partial charge is 0.372 e. The summed E-state index contributed by atoms with van der Waals surface area (Å²) in [5, 5.41) is 4.05. The van der Waals surface area contributed by atoms with Gasteiger partial charge in [-0.05, 0) is 25.2 Å². The minimum absolute atomic E-state index is 0.0540. The van der Waals surface area contributed by atoms with Gasteiger partial charge in [0.05, 0.1) is 11.6 Å². The van der Waals surface area contributed by atoms with E-state index < -0.39 is 11.8 Å². The molecule has 1 aliphatic carbocycles. The average Bonchev–Trinajstić information content (AvgIpc) is 3.14. The maximum Gasteiger partial charge on any atom is 0.256 e.